The molecule has 0 atom stereocenters. The van der Waals surface area contributed by atoms with Gasteiger partial charge in [0.05, 0.1) is 6.54 Å². The second kappa shape index (κ2) is 15.3. The fraction of sp³-hybridized carbons (Fsp3) is 0.571. The van der Waals surface area contributed by atoms with Gasteiger partial charge < -0.3 is 19.4 Å². The van der Waals surface area contributed by atoms with E-state index >= 15 is 0 Å². The van der Waals surface area contributed by atoms with Crippen LogP contribution in [0.25, 0.3) is 0 Å². The minimum Gasteiger partial charge on any atom is -0.382 e. The number of amides is 2. The summed E-state index contributed by atoms with van der Waals surface area (Å²) in [4.78, 5) is 29.6. The lowest BCUT2D eigenvalue weighted by Crippen LogP contribution is -2.35. The first-order valence-electron chi connectivity index (χ1n) is 10.5. The van der Waals surface area contributed by atoms with Crippen LogP contribution in [0.2, 0.25) is 0 Å². The number of carbonyl (C=O) groups excluding carboxylic acids is 2. The molecular weight excluding hydrogens is 430 g/mol. The molecule has 1 heterocycles. The van der Waals surface area contributed by atoms with Crippen LogP contribution in [0.1, 0.15) is 43.9 Å². The molecule has 11 heteroatoms. The average Bonchev–Trinajstić information content (AvgIpc) is 3.20. The van der Waals surface area contributed by atoms with E-state index < -0.39 is 5.91 Å². The van der Waals surface area contributed by atoms with E-state index in [9.17, 15) is 9.59 Å². The van der Waals surface area contributed by atoms with Gasteiger partial charge in [-0.1, -0.05) is 19.9 Å². The van der Waals surface area contributed by atoms with Crippen LogP contribution < -0.4 is 9.80 Å². The number of hydrogen-bond acceptors (Lipinski definition) is 8. The third-order valence-electron chi connectivity index (χ3n) is 4.12. The van der Waals surface area contributed by atoms with Crippen molar-refractivity contribution in [3.63, 3.8) is 0 Å². The number of aromatic nitrogens is 4. The minimum atomic E-state index is -0.400. The van der Waals surface area contributed by atoms with Crippen LogP contribution >= 0.6 is 12.8 Å². The third kappa shape index (κ3) is 8.93. The molecule has 2 aromatic rings. The highest BCUT2D eigenvalue weighted by molar-refractivity contribution is 7.78. The lowest BCUT2D eigenvalue weighted by atomic mass is 10.1. The van der Waals surface area contributed by atoms with Crippen LogP contribution in [-0.4, -0.2) is 84.3 Å². The Kier molecular flexibility index (Phi) is 14.1. The molecule has 2 rings (SSSR count). The van der Waals surface area contributed by atoms with Crippen LogP contribution in [0.5, 0.6) is 0 Å². The number of tetrazole rings is 1. The number of aryl methyl sites for hydroxylation is 1. The maximum absolute atomic E-state index is 12.6. The normalized spacial score (nSPS) is 9.97. The lowest BCUT2D eigenvalue weighted by molar-refractivity contribution is -0.118. The van der Waals surface area contributed by atoms with Crippen LogP contribution in [0, 0.1) is 6.92 Å². The number of anilines is 2. The molecule has 1 aromatic heterocycles. The van der Waals surface area contributed by atoms with Crippen molar-refractivity contribution in [3.05, 3.63) is 29.6 Å². The summed E-state index contributed by atoms with van der Waals surface area (Å²) in [6.45, 7) is 11.8. The summed E-state index contributed by atoms with van der Waals surface area (Å²) in [5, 5.41) is 10.6. The van der Waals surface area contributed by atoms with Gasteiger partial charge in [-0.3, -0.25) is 9.59 Å². The maximum atomic E-state index is 12.6. The summed E-state index contributed by atoms with van der Waals surface area (Å²) < 4.78 is 5.85. The van der Waals surface area contributed by atoms with E-state index in [2.05, 4.69) is 28.3 Å². The number of rotatable bonds is 7. The Morgan fingerprint density at radius 1 is 1.06 bits per heavy atom. The smallest absolute Gasteiger partial charge is 0.298 e. The molecule has 0 radical (unpaired) electrons. The molecule has 0 saturated heterocycles. The summed E-state index contributed by atoms with van der Waals surface area (Å²) in [6.07, 6.45) is 0. The number of thiol groups is 1. The monoisotopic (exact) mass is 467 g/mol. The van der Waals surface area contributed by atoms with Crippen LogP contribution in [0.4, 0.5) is 11.4 Å². The van der Waals surface area contributed by atoms with E-state index in [4.69, 9.17) is 4.74 Å². The first kappa shape index (κ1) is 29.5. The number of nitrogens with zero attached hydrogens (tertiary/aromatic N) is 7. The molecule has 180 valence electrons. The maximum Gasteiger partial charge on any atom is 0.298 e. The average molecular weight is 468 g/mol. The van der Waals surface area contributed by atoms with E-state index in [1.807, 2.05) is 60.8 Å². The molecule has 2 amide bonds. The molecule has 0 spiro atoms. The van der Waals surface area contributed by atoms with E-state index in [0.717, 1.165) is 22.9 Å². The highest BCUT2D eigenvalue weighted by atomic mass is 32.1. The molecule has 0 N–H and O–H groups in total. The van der Waals surface area contributed by atoms with E-state index in [1.165, 1.54) is 4.90 Å². The van der Waals surface area contributed by atoms with Gasteiger partial charge >= 0.3 is 0 Å². The Morgan fingerprint density at radius 3 is 2.09 bits per heavy atom. The molecule has 0 saturated carbocycles. The third-order valence-corrected chi connectivity index (χ3v) is 4.39. The summed E-state index contributed by atoms with van der Waals surface area (Å²) >= 11 is 4.01. The van der Waals surface area contributed by atoms with Crippen molar-refractivity contribution < 1.29 is 14.3 Å². The van der Waals surface area contributed by atoms with Gasteiger partial charge in [-0.2, -0.15) is 4.09 Å². The SMILES string of the molecule is CC.CCOCC.Cc1ccc(N(C)C(=O)CN(C)C)cc1N(C)C(=O)c1nnnn1S. The summed E-state index contributed by atoms with van der Waals surface area (Å²) in [5.74, 6) is -0.441. The fourth-order valence-corrected chi connectivity index (χ4v) is 2.62. The lowest BCUT2D eigenvalue weighted by Gasteiger charge is -2.24. The van der Waals surface area contributed by atoms with E-state index in [-0.39, 0.29) is 11.7 Å². The quantitative estimate of drug-likeness (QED) is 0.625. The molecule has 0 aliphatic carbocycles. The molecule has 0 unspecified atom stereocenters. The number of carbonyl (C=O) groups is 2. The molecular formula is C21H37N7O3S. The largest absolute Gasteiger partial charge is 0.382 e. The van der Waals surface area contributed by atoms with Crippen molar-refractivity contribution in [2.75, 3.05) is 57.7 Å². The molecule has 0 aliphatic heterocycles. The first-order chi connectivity index (χ1) is 15.1. The van der Waals surface area contributed by atoms with Crippen LogP contribution in [0.3, 0.4) is 0 Å². The van der Waals surface area contributed by atoms with E-state index in [1.54, 1.807) is 30.0 Å². The Labute approximate surface area is 197 Å². The van der Waals surface area contributed by atoms with Crippen molar-refractivity contribution >= 4 is 36.0 Å². The van der Waals surface area contributed by atoms with E-state index in [0.29, 0.717) is 17.9 Å². The van der Waals surface area contributed by atoms with Crippen molar-refractivity contribution in [3.8, 4) is 0 Å². The molecule has 0 bridgehead atoms. The van der Waals surface area contributed by atoms with Gasteiger partial charge in [0, 0.05) is 38.7 Å². The molecule has 1 aromatic carbocycles. The number of ether oxygens (including phenoxy) is 1. The van der Waals surface area contributed by atoms with Crippen LogP contribution in [-0.2, 0) is 9.53 Å². The Bertz CT molecular complexity index is 841. The summed E-state index contributed by atoms with van der Waals surface area (Å²) in [6, 6.07) is 5.48. The fourth-order valence-electron chi connectivity index (χ4n) is 2.46. The molecule has 0 aliphatic rings. The number of likely N-dealkylation sites (N-methyl/N-ethyl adjacent to an activating group) is 2. The van der Waals surface area contributed by atoms with Gasteiger partial charge in [0.15, 0.2) is 0 Å². The Hall–Kier alpha value is -2.50. The predicted molar refractivity (Wildman–Crippen MR) is 132 cm³/mol. The molecule has 10 nitrogen and oxygen atoms in total. The Morgan fingerprint density at radius 2 is 1.66 bits per heavy atom. The van der Waals surface area contributed by atoms with Gasteiger partial charge in [-0.15, -0.1) is 5.10 Å². The molecule has 32 heavy (non-hydrogen) atoms. The highest BCUT2D eigenvalue weighted by Crippen LogP contribution is 2.26. The van der Waals surface area contributed by atoms with Crippen molar-refractivity contribution in [2.24, 2.45) is 0 Å². The predicted octanol–water partition coefficient (Wildman–Crippen LogP) is 2.54. The topological polar surface area (TPSA) is 96.7 Å². The zero-order chi connectivity index (χ0) is 24.8. The van der Waals surface area contributed by atoms with Gasteiger partial charge in [-0.25, -0.2) is 0 Å². The number of benzene rings is 1. The highest BCUT2D eigenvalue weighted by Gasteiger charge is 2.22. The van der Waals surface area contributed by atoms with Crippen LogP contribution in [0.15, 0.2) is 18.2 Å². The second-order valence-corrected chi connectivity index (χ2v) is 7.08. The zero-order valence-corrected chi connectivity index (χ0v) is 21.6. The van der Waals surface area contributed by atoms with Crippen molar-refractivity contribution in [1.82, 2.24) is 24.5 Å². The zero-order valence-electron chi connectivity index (χ0n) is 20.7. The Balaban J connectivity index is 0.00000121. The standard InChI is InChI=1S/C15H21N7O2S.C4H10O.C2H6/c1-10-6-7-11(20(4)13(23)9-19(2)3)8-12(10)21(5)15(24)14-16-17-18-22(14)25;1-3-5-4-2;1-2/h6-8,25H,9H2,1-5H3;3-4H2,1-2H3;1-2H3. The van der Waals surface area contributed by atoms with Gasteiger partial charge in [0.2, 0.25) is 5.91 Å². The summed E-state index contributed by atoms with van der Waals surface area (Å²) in [7, 11) is 7.00. The first-order valence-corrected chi connectivity index (χ1v) is 10.9. The second-order valence-electron chi connectivity index (χ2n) is 6.70. The van der Waals surface area contributed by atoms with Gasteiger partial charge in [-0.05, 0) is 75.8 Å². The minimum absolute atomic E-state index is 0.00711. The van der Waals surface area contributed by atoms with Crippen molar-refractivity contribution in [2.45, 2.75) is 34.6 Å². The summed E-state index contributed by atoms with van der Waals surface area (Å²) in [5.41, 5.74) is 2.23. The number of hydrogen-bond donors (Lipinski definition) is 1. The van der Waals surface area contributed by atoms with Gasteiger partial charge in [0.25, 0.3) is 11.7 Å². The molecule has 0 fully saturated rings. The van der Waals surface area contributed by atoms with Gasteiger partial charge in [0.1, 0.15) is 0 Å². The van der Waals surface area contributed by atoms with Crippen molar-refractivity contribution in [1.29, 1.82) is 0 Å².